The summed E-state index contributed by atoms with van der Waals surface area (Å²) < 4.78 is 4.76. The van der Waals surface area contributed by atoms with Crippen molar-refractivity contribution in [2.75, 3.05) is 7.05 Å². The van der Waals surface area contributed by atoms with E-state index in [0.29, 0.717) is 0 Å². The summed E-state index contributed by atoms with van der Waals surface area (Å²) in [6.45, 7) is 0. The molecule has 0 aliphatic rings. The summed E-state index contributed by atoms with van der Waals surface area (Å²) in [5.74, 6) is -0.466. The molecule has 0 unspecified atom stereocenters. The van der Waals surface area contributed by atoms with E-state index in [4.69, 9.17) is 16.0 Å². The van der Waals surface area contributed by atoms with Gasteiger partial charge in [-0.3, -0.25) is 14.5 Å². The Labute approximate surface area is 73.7 Å². The Morgan fingerprint density at radius 1 is 1.58 bits per heavy atom. The van der Waals surface area contributed by atoms with E-state index in [-0.39, 0.29) is 5.76 Å². The highest BCUT2D eigenvalue weighted by molar-refractivity contribution is 6.64. The molecule has 0 N–H and O–H groups in total. The van der Waals surface area contributed by atoms with Gasteiger partial charge in [-0.25, -0.2) is 0 Å². The highest BCUT2D eigenvalue weighted by atomic mass is 35.5. The number of rotatable bonds is 1. The molecule has 0 saturated carbocycles. The van der Waals surface area contributed by atoms with E-state index in [1.54, 1.807) is 6.07 Å². The summed E-state index contributed by atoms with van der Waals surface area (Å²) in [4.78, 5) is 22.4. The quantitative estimate of drug-likeness (QED) is 0.497. The second kappa shape index (κ2) is 3.40. The van der Waals surface area contributed by atoms with E-state index in [1.807, 2.05) is 0 Å². The van der Waals surface area contributed by atoms with Crippen LogP contribution in [0.25, 0.3) is 0 Å². The number of amides is 2. The Morgan fingerprint density at radius 2 is 2.25 bits per heavy atom. The summed E-state index contributed by atoms with van der Waals surface area (Å²) >= 11 is 5.06. The first-order valence-electron chi connectivity index (χ1n) is 3.14. The maximum Gasteiger partial charge on any atom is 0.323 e. The molecule has 1 aromatic heterocycles. The maximum atomic E-state index is 11.2. The van der Waals surface area contributed by atoms with Crippen molar-refractivity contribution in [3.05, 3.63) is 24.2 Å². The van der Waals surface area contributed by atoms with E-state index in [9.17, 15) is 9.59 Å². The van der Waals surface area contributed by atoms with Crippen molar-refractivity contribution in [3.63, 3.8) is 0 Å². The lowest BCUT2D eigenvalue weighted by Gasteiger charge is -2.07. The van der Waals surface area contributed by atoms with Crippen LogP contribution < -0.4 is 0 Å². The standard InChI is InChI=1S/C7H6ClNO3/c1-9(7(8)11)6(10)5-3-2-4-12-5/h2-4H,1H3. The molecule has 1 rings (SSSR count). The van der Waals surface area contributed by atoms with Gasteiger partial charge < -0.3 is 4.42 Å². The number of imide groups is 1. The lowest BCUT2D eigenvalue weighted by Crippen LogP contribution is -2.28. The van der Waals surface area contributed by atoms with E-state index in [1.165, 1.54) is 19.4 Å². The van der Waals surface area contributed by atoms with Crippen LogP contribution in [-0.4, -0.2) is 23.2 Å². The molecule has 0 bridgehead atoms. The van der Waals surface area contributed by atoms with E-state index < -0.39 is 11.3 Å². The number of hydrogen-bond donors (Lipinski definition) is 0. The van der Waals surface area contributed by atoms with E-state index in [2.05, 4.69) is 0 Å². The Morgan fingerprint density at radius 3 is 2.67 bits per heavy atom. The van der Waals surface area contributed by atoms with Crippen molar-refractivity contribution < 1.29 is 14.0 Å². The number of carbonyl (C=O) groups is 2. The third-order valence-electron chi connectivity index (χ3n) is 1.30. The fraction of sp³-hybridized carbons (Fsp3) is 0.143. The predicted molar refractivity (Wildman–Crippen MR) is 42.1 cm³/mol. The molecule has 0 atom stereocenters. The van der Waals surface area contributed by atoms with Crippen LogP contribution in [0.1, 0.15) is 10.6 Å². The molecule has 0 fully saturated rings. The van der Waals surface area contributed by atoms with Gasteiger partial charge in [0, 0.05) is 7.05 Å². The molecule has 1 aromatic rings. The molecular formula is C7H6ClNO3. The summed E-state index contributed by atoms with van der Waals surface area (Å²) in [7, 11) is 1.28. The van der Waals surface area contributed by atoms with Gasteiger partial charge in [-0.2, -0.15) is 0 Å². The zero-order valence-corrected chi connectivity index (χ0v) is 7.04. The van der Waals surface area contributed by atoms with Crippen molar-refractivity contribution in [2.24, 2.45) is 0 Å². The topological polar surface area (TPSA) is 50.5 Å². The van der Waals surface area contributed by atoms with Gasteiger partial charge in [-0.05, 0) is 23.7 Å². The summed E-state index contributed by atoms with van der Waals surface area (Å²) in [5.41, 5.74) is 0. The zero-order chi connectivity index (χ0) is 9.14. The Kier molecular flexibility index (Phi) is 2.50. The van der Waals surface area contributed by atoms with Crippen LogP contribution in [0, 0.1) is 0 Å². The predicted octanol–water partition coefficient (Wildman–Crippen LogP) is 1.71. The minimum absolute atomic E-state index is 0.0894. The molecule has 0 radical (unpaired) electrons. The second-order valence-corrected chi connectivity index (χ2v) is 2.42. The summed E-state index contributed by atoms with van der Waals surface area (Å²) in [6.07, 6.45) is 1.35. The minimum atomic E-state index is -0.837. The van der Waals surface area contributed by atoms with Crippen LogP contribution in [0.15, 0.2) is 22.8 Å². The van der Waals surface area contributed by atoms with Crippen LogP contribution in [0.5, 0.6) is 0 Å². The third kappa shape index (κ3) is 1.65. The first-order valence-corrected chi connectivity index (χ1v) is 3.51. The average molecular weight is 188 g/mol. The molecule has 64 valence electrons. The number of hydrogen-bond acceptors (Lipinski definition) is 3. The lowest BCUT2D eigenvalue weighted by molar-refractivity contribution is 0.0817. The highest BCUT2D eigenvalue weighted by Gasteiger charge is 2.18. The molecule has 0 aromatic carbocycles. The highest BCUT2D eigenvalue weighted by Crippen LogP contribution is 2.05. The van der Waals surface area contributed by atoms with Crippen molar-refractivity contribution in [1.29, 1.82) is 0 Å². The molecule has 5 heteroatoms. The fourth-order valence-corrected chi connectivity index (χ4v) is 0.722. The largest absolute Gasteiger partial charge is 0.459 e. The zero-order valence-electron chi connectivity index (χ0n) is 6.28. The molecule has 0 saturated heterocycles. The van der Waals surface area contributed by atoms with Gasteiger partial charge in [0.1, 0.15) is 0 Å². The van der Waals surface area contributed by atoms with E-state index in [0.717, 1.165) is 4.90 Å². The SMILES string of the molecule is CN(C(=O)Cl)C(=O)c1ccco1. The fourth-order valence-electron chi connectivity index (χ4n) is 0.645. The molecule has 12 heavy (non-hydrogen) atoms. The minimum Gasteiger partial charge on any atom is -0.459 e. The summed E-state index contributed by atoms with van der Waals surface area (Å²) in [6, 6.07) is 3.01. The van der Waals surface area contributed by atoms with Gasteiger partial charge in [-0.1, -0.05) is 0 Å². The van der Waals surface area contributed by atoms with Crippen LogP contribution in [0.2, 0.25) is 0 Å². The van der Waals surface area contributed by atoms with Gasteiger partial charge in [0.25, 0.3) is 5.91 Å². The Balaban J connectivity index is 2.79. The van der Waals surface area contributed by atoms with Gasteiger partial charge >= 0.3 is 5.37 Å². The van der Waals surface area contributed by atoms with Gasteiger partial charge in [-0.15, -0.1) is 0 Å². The third-order valence-corrected chi connectivity index (χ3v) is 1.55. The van der Waals surface area contributed by atoms with Gasteiger partial charge in [0.2, 0.25) is 0 Å². The number of halogens is 1. The average Bonchev–Trinajstić information content (AvgIpc) is 2.53. The van der Waals surface area contributed by atoms with Crippen molar-refractivity contribution in [2.45, 2.75) is 0 Å². The first-order chi connectivity index (χ1) is 5.63. The van der Waals surface area contributed by atoms with Gasteiger partial charge in [0.05, 0.1) is 6.26 Å². The number of nitrogens with zero attached hydrogens (tertiary/aromatic N) is 1. The lowest BCUT2D eigenvalue weighted by atomic mass is 10.4. The van der Waals surface area contributed by atoms with Crippen LogP contribution in [-0.2, 0) is 0 Å². The summed E-state index contributed by atoms with van der Waals surface area (Å²) in [5, 5.41) is -0.837. The van der Waals surface area contributed by atoms with Gasteiger partial charge in [0.15, 0.2) is 5.76 Å². The molecular weight excluding hydrogens is 182 g/mol. The molecule has 2 amide bonds. The Bertz CT molecular complexity index is 294. The molecule has 0 spiro atoms. The first kappa shape index (κ1) is 8.80. The Hall–Kier alpha value is -1.29. The van der Waals surface area contributed by atoms with Crippen molar-refractivity contribution in [1.82, 2.24) is 4.90 Å². The van der Waals surface area contributed by atoms with E-state index >= 15 is 0 Å². The van der Waals surface area contributed by atoms with Crippen molar-refractivity contribution >= 4 is 22.9 Å². The monoisotopic (exact) mass is 187 g/mol. The number of furan rings is 1. The molecule has 4 nitrogen and oxygen atoms in total. The normalized spacial score (nSPS) is 9.50. The maximum absolute atomic E-state index is 11.2. The molecule has 0 aliphatic heterocycles. The molecule has 1 heterocycles. The van der Waals surface area contributed by atoms with Crippen LogP contribution in [0.3, 0.4) is 0 Å². The van der Waals surface area contributed by atoms with Crippen LogP contribution in [0.4, 0.5) is 4.79 Å². The molecule has 0 aliphatic carbocycles. The second-order valence-electron chi connectivity index (χ2n) is 2.09. The van der Waals surface area contributed by atoms with Crippen molar-refractivity contribution in [3.8, 4) is 0 Å². The smallest absolute Gasteiger partial charge is 0.323 e. The van der Waals surface area contributed by atoms with Crippen LogP contribution >= 0.6 is 11.6 Å². The number of carbonyl (C=O) groups excluding carboxylic acids is 2.